The quantitative estimate of drug-likeness (QED) is 0.243. The van der Waals surface area contributed by atoms with Crippen LogP contribution in [-0.4, -0.2) is 56.0 Å². The maximum atomic E-state index is 13.5. The molecule has 1 heterocycles. The van der Waals surface area contributed by atoms with Gasteiger partial charge in [-0.25, -0.2) is 9.18 Å². The lowest BCUT2D eigenvalue weighted by Gasteiger charge is -2.37. The average Bonchev–Trinajstić information content (AvgIpc) is 3.05. The average molecular weight is 596 g/mol. The molecule has 0 unspecified atom stereocenters. The summed E-state index contributed by atoms with van der Waals surface area (Å²) in [5.41, 5.74) is 4.50. The zero-order valence-electron chi connectivity index (χ0n) is 24.6. The van der Waals surface area contributed by atoms with Crippen molar-refractivity contribution < 1.29 is 23.5 Å². The molecule has 10 heteroatoms. The molecule has 5 rings (SSSR count). The number of hydrogen-bond acceptors (Lipinski definition) is 5. The molecule has 44 heavy (non-hydrogen) atoms. The van der Waals surface area contributed by atoms with Crippen molar-refractivity contribution in [3.05, 3.63) is 119 Å². The van der Waals surface area contributed by atoms with Crippen LogP contribution in [0.1, 0.15) is 31.8 Å². The second kappa shape index (κ2) is 13.7. The van der Waals surface area contributed by atoms with E-state index in [0.717, 1.165) is 16.8 Å². The number of aryl methyl sites for hydroxylation is 1. The van der Waals surface area contributed by atoms with Gasteiger partial charge in [0.25, 0.3) is 11.8 Å². The molecule has 9 nitrogen and oxygen atoms in total. The minimum Gasteiger partial charge on any atom is -0.497 e. The fourth-order valence-electron chi connectivity index (χ4n) is 4.91. The van der Waals surface area contributed by atoms with Crippen LogP contribution in [0, 0.1) is 12.7 Å². The number of carbonyl (C=O) groups excluding carboxylic acids is 3. The Balaban J connectivity index is 1.31. The lowest BCUT2D eigenvalue weighted by atomic mass is 10.1. The molecule has 1 aliphatic heterocycles. The number of nitrogens with one attached hydrogen (secondary N) is 3. The Labute approximate surface area is 255 Å². The number of rotatable bonds is 8. The second-order valence-corrected chi connectivity index (χ2v) is 10.5. The number of halogens is 1. The van der Waals surface area contributed by atoms with Gasteiger partial charge in [0, 0.05) is 55.3 Å². The van der Waals surface area contributed by atoms with Crippen LogP contribution in [0.3, 0.4) is 0 Å². The predicted molar refractivity (Wildman–Crippen MR) is 169 cm³/mol. The standard InChI is InChI=1S/C34H34FN5O4/c1-23-6-12-27(13-7-23)38-34(43)40-18-16-39(17-19-40)31-15-14-28(37-32(41)25-4-3-5-29(20-25)44-2)21-30(31)33(42)36-22-24-8-10-26(35)11-9-24/h3-15,20-21H,16-19,22H2,1-2H3,(H,36,42)(H,37,41)(H,38,43). The number of urea groups is 1. The molecule has 0 spiro atoms. The van der Waals surface area contributed by atoms with E-state index in [1.165, 1.54) is 19.2 Å². The molecule has 1 saturated heterocycles. The topological polar surface area (TPSA) is 103 Å². The smallest absolute Gasteiger partial charge is 0.321 e. The highest BCUT2D eigenvalue weighted by Crippen LogP contribution is 2.27. The van der Waals surface area contributed by atoms with E-state index in [-0.39, 0.29) is 30.2 Å². The molecular formula is C34H34FN5O4. The number of amides is 4. The van der Waals surface area contributed by atoms with Crippen LogP contribution in [0.4, 0.5) is 26.2 Å². The normalized spacial score (nSPS) is 12.8. The zero-order valence-corrected chi connectivity index (χ0v) is 24.6. The maximum Gasteiger partial charge on any atom is 0.321 e. The largest absolute Gasteiger partial charge is 0.497 e. The fourth-order valence-corrected chi connectivity index (χ4v) is 4.91. The number of anilines is 3. The highest BCUT2D eigenvalue weighted by molar-refractivity contribution is 6.06. The third-order valence-corrected chi connectivity index (χ3v) is 7.41. The first kappa shape index (κ1) is 30.1. The summed E-state index contributed by atoms with van der Waals surface area (Å²) in [5.74, 6) is -0.488. The molecule has 1 aliphatic rings. The van der Waals surface area contributed by atoms with Gasteiger partial charge in [-0.3, -0.25) is 9.59 Å². The van der Waals surface area contributed by atoms with E-state index in [9.17, 15) is 18.8 Å². The molecule has 226 valence electrons. The number of nitrogens with zero attached hydrogens (tertiary/aromatic N) is 2. The van der Waals surface area contributed by atoms with Crippen LogP contribution < -0.4 is 25.6 Å². The van der Waals surface area contributed by atoms with Crippen molar-refractivity contribution in [2.75, 3.05) is 48.8 Å². The zero-order chi connectivity index (χ0) is 31.1. The molecule has 0 aliphatic carbocycles. The number of methoxy groups -OCH3 is 1. The van der Waals surface area contributed by atoms with E-state index >= 15 is 0 Å². The van der Waals surface area contributed by atoms with Gasteiger partial charge in [0.05, 0.1) is 12.7 Å². The van der Waals surface area contributed by atoms with Crippen LogP contribution in [0.5, 0.6) is 5.75 Å². The molecule has 4 aromatic carbocycles. The van der Waals surface area contributed by atoms with E-state index in [1.807, 2.05) is 31.2 Å². The summed E-state index contributed by atoms with van der Waals surface area (Å²) in [4.78, 5) is 43.2. The molecule has 4 amide bonds. The SMILES string of the molecule is COc1cccc(C(=O)Nc2ccc(N3CCN(C(=O)Nc4ccc(C)cc4)CC3)c(C(=O)NCc3ccc(F)cc3)c2)c1. The summed E-state index contributed by atoms with van der Waals surface area (Å²) in [6.45, 7) is 4.13. The Hall–Kier alpha value is -5.38. The number of ether oxygens (including phenoxy) is 1. The highest BCUT2D eigenvalue weighted by atomic mass is 19.1. The summed E-state index contributed by atoms with van der Waals surface area (Å²) in [6, 6.07) is 25.3. The van der Waals surface area contributed by atoms with Crippen molar-refractivity contribution in [2.45, 2.75) is 13.5 Å². The van der Waals surface area contributed by atoms with Gasteiger partial charge in [-0.1, -0.05) is 35.9 Å². The maximum absolute atomic E-state index is 13.5. The first-order valence-electron chi connectivity index (χ1n) is 14.3. The van der Waals surface area contributed by atoms with Crippen molar-refractivity contribution in [3.63, 3.8) is 0 Å². The first-order valence-corrected chi connectivity index (χ1v) is 14.3. The minimum absolute atomic E-state index is 0.179. The Morgan fingerprint density at radius 3 is 2.20 bits per heavy atom. The van der Waals surface area contributed by atoms with Gasteiger partial charge in [-0.15, -0.1) is 0 Å². The Morgan fingerprint density at radius 2 is 1.50 bits per heavy atom. The van der Waals surface area contributed by atoms with Crippen molar-refractivity contribution in [2.24, 2.45) is 0 Å². The predicted octanol–water partition coefficient (Wildman–Crippen LogP) is 5.68. The van der Waals surface area contributed by atoms with Crippen molar-refractivity contribution >= 4 is 34.9 Å². The third kappa shape index (κ3) is 7.52. The second-order valence-electron chi connectivity index (χ2n) is 10.5. The third-order valence-electron chi connectivity index (χ3n) is 7.41. The molecule has 4 aromatic rings. The van der Waals surface area contributed by atoms with E-state index < -0.39 is 0 Å². The fraction of sp³-hybridized carbons (Fsp3) is 0.206. The lowest BCUT2D eigenvalue weighted by Crippen LogP contribution is -2.50. The Kier molecular flexibility index (Phi) is 9.39. The summed E-state index contributed by atoms with van der Waals surface area (Å²) in [5, 5.41) is 8.71. The van der Waals surface area contributed by atoms with Gasteiger partial charge in [0.2, 0.25) is 0 Å². The summed E-state index contributed by atoms with van der Waals surface area (Å²) < 4.78 is 18.6. The van der Waals surface area contributed by atoms with E-state index in [0.29, 0.717) is 54.4 Å². The molecule has 1 fully saturated rings. The van der Waals surface area contributed by atoms with Gasteiger partial charge in [-0.2, -0.15) is 0 Å². The highest BCUT2D eigenvalue weighted by Gasteiger charge is 2.25. The minimum atomic E-state index is -0.353. The van der Waals surface area contributed by atoms with E-state index in [2.05, 4.69) is 20.9 Å². The molecule has 0 bridgehead atoms. The Morgan fingerprint density at radius 1 is 0.795 bits per heavy atom. The van der Waals surface area contributed by atoms with Gasteiger partial charge < -0.3 is 30.5 Å². The molecule has 0 atom stereocenters. The van der Waals surface area contributed by atoms with Crippen molar-refractivity contribution in [1.82, 2.24) is 10.2 Å². The van der Waals surface area contributed by atoms with Crippen LogP contribution in [0.15, 0.2) is 91.0 Å². The number of benzene rings is 4. The van der Waals surface area contributed by atoms with Gasteiger partial charge in [-0.05, 0) is 73.2 Å². The molecule has 0 aromatic heterocycles. The van der Waals surface area contributed by atoms with Crippen LogP contribution in [0.2, 0.25) is 0 Å². The Bertz CT molecular complexity index is 1630. The first-order chi connectivity index (χ1) is 21.3. The molecule has 3 N–H and O–H groups in total. The van der Waals surface area contributed by atoms with E-state index in [1.54, 1.807) is 59.5 Å². The van der Waals surface area contributed by atoms with Crippen LogP contribution in [-0.2, 0) is 6.54 Å². The summed E-state index contributed by atoms with van der Waals surface area (Å²) in [7, 11) is 1.53. The lowest BCUT2D eigenvalue weighted by molar-refractivity contribution is 0.0949. The van der Waals surface area contributed by atoms with Gasteiger partial charge >= 0.3 is 6.03 Å². The summed E-state index contributed by atoms with van der Waals surface area (Å²) >= 11 is 0. The van der Waals surface area contributed by atoms with Crippen LogP contribution in [0.25, 0.3) is 0 Å². The van der Waals surface area contributed by atoms with Crippen molar-refractivity contribution in [3.8, 4) is 5.75 Å². The van der Waals surface area contributed by atoms with Gasteiger partial charge in [0.15, 0.2) is 0 Å². The molecule has 0 radical (unpaired) electrons. The van der Waals surface area contributed by atoms with Crippen LogP contribution >= 0.6 is 0 Å². The van der Waals surface area contributed by atoms with Crippen molar-refractivity contribution in [1.29, 1.82) is 0 Å². The summed E-state index contributed by atoms with van der Waals surface area (Å²) in [6.07, 6.45) is 0. The van der Waals surface area contributed by atoms with Gasteiger partial charge in [0.1, 0.15) is 11.6 Å². The number of piperazine rings is 1. The molecule has 0 saturated carbocycles. The van der Waals surface area contributed by atoms with E-state index in [4.69, 9.17) is 4.74 Å². The monoisotopic (exact) mass is 595 g/mol. The number of carbonyl (C=O) groups is 3. The molecular weight excluding hydrogens is 561 g/mol. The number of hydrogen-bond donors (Lipinski definition) is 3.